The standard InChI is InChI=1S/C11H16ClNO2/c1-13(8-12)7-9-4-5-10(14-2)6-11(9)15-3/h4-6H,7-8H2,1-3H3. The Kier molecular flexibility index (Phi) is 4.72. The molecule has 15 heavy (non-hydrogen) atoms. The number of hydrogen-bond donors (Lipinski definition) is 0. The van der Waals surface area contributed by atoms with E-state index in [-0.39, 0.29) is 0 Å². The first kappa shape index (κ1) is 12.1. The fourth-order valence-corrected chi connectivity index (χ4v) is 1.40. The largest absolute Gasteiger partial charge is 0.497 e. The number of ether oxygens (including phenoxy) is 2. The zero-order chi connectivity index (χ0) is 11.3. The maximum Gasteiger partial charge on any atom is 0.127 e. The van der Waals surface area contributed by atoms with Crippen LogP contribution in [0.25, 0.3) is 0 Å². The SMILES string of the molecule is COc1ccc(CN(C)CCl)c(OC)c1. The van der Waals surface area contributed by atoms with Crippen molar-refractivity contribution in [2.75, 3.05) is 27.3 Å². The van der Waals surface area contributed by atoms with E-state index < -0.39 is 0 Å². The smallest absolute Gasteiger partial charge is 0.127 e. The zero-order valence-electron chi connectivity index (χ0n) is 9.29. The fraction of sp³-hybridized carbons (Fsp3) is 0.455. The van der Waals surface area contributed by atoms with Crippen LogP contribution in [0, 0.1) is 0 Å². The van der Waals surface area contributed by atoms with E-state index in [1.165, 1.54) is 0 Å². The van der Waals surface area contributed by atoms with Crippen LogP contribution in [0.2, 0.25) is 0 Å². The molecule has 0 heterocycles. The molecule has 1 aromatic carbocycles. The molecule has 0 spiro atoms. The minimum absolute atomic E-state index is 0.495. The first-order chi connectivity index (χ1) is 7.21. The second-order valence-electron chi connectivity index (χ2n) is 3.31. The number of alkyl halides is 1. The van der Waals surface area contributed by atoms with Crippen molar-refractivity contribution in [2.45, 2.75) is 6.54 Å². The lowest BCUT2D eigenvalue weighted by atomic mass is 10.2. The van der Waals surface area contributed by atoms with E-state index in [0.717, 1.165) is 23.6 Å². The van der Waals surface area contributed by atoms with Crippen LogP contribution >= 0.6 is 11.6 Å². The molecule has 0 aliphatic rings. The van der Waals surface area contributed by atoms with Crippen LogP contribution < -0.4 is 9.47 Å². The van der Waals surface area contributed by atoms with Crippen LogP contribution in [0.15, 0.2) is 18.2 Å². The lowest BCUT2D eigenvalue weighted by molar-refractivity contribution is 0.356. The van der Waals surface area contributed by atoms with E-state index in [1.807, 2.05) is 30.1 Å². The molecule has 1 rings (SSSR count). The lowest BCUT2D eigenvalue weighted by Gasteiger charge is -2.15. The normalized spacial score (nSPS) is 10.5. The summed E-state index contributed by atoms with van der Waals surface area (Å²) < 4.78 is 10.4. The molecule has 0 N–H and O–H groups in total. The highest BCUT2D eigenvalue weighted by atomic mass is 35.5. The van der Waals surface area contributed by atoms with Gasteiger partial charge in [-0.25, -0.2) is 0 Å². The highest BCUT2D eigenvalue weighted by Crippen LogP contribution is 2.25. The van der Waals surface area contributed by atoms with Crippen LogP contribution in [0.3, 0.4) is 0 Å². The first-order valence-corrected chi connectivity index (χ1v) is 5.20. The third kappa shape index (κ3) is 3.29. The number of hydrogen-bond acceptors (Lipinski definition) is 3. The van der Waals surface area contributed by atoms with Crippen molar-refractivity contribution in [3.05, 3.63) is 23.8 Å². The topological polar surface area (TPSA) is 21.7 Å². The summed E-state index contributed by atoms with van der Waals surface area (Å²) in [4.78, 5) is 1.99. The number of benzene rings is 1. The van der Waals surface area contributed by atoms with Gasteiger partial charge in [0.15, 0.2) is 0 Å². The summed E-state index contributed by atoms with van der Waals surface area (Å²) in [7, 11) is 5.25. The molecule has 1 aromatic rings. The average Bonchev–Trinajstić information content (AvgIpc) is 2.29. The Morgan fingerprint density at radius 3 is 2.53 bits per heavy atom. The molecule has 0 saturated carbocycles. The van der Waals surface area contributed by atoms with Crippen molar-refractivity contribution in [1.82, 2.24) is 4.90 Å². The third-order valence-corrected chi connectivity index (χ3v) is 2.55. The molecule has 84 valence electrons. The molecule has 0 atom stereocenters. The lowest BCUT2D eigenvalue weighted by Crippen LogP contribution is -2.15. The van der Waals surface area contributed by atoms with E-state index >= 15 is 0 Å². The predicted molar refractivity (Wildman–Crippen MR) is 61.7 cm³/mol. The molecule has 0 amide bonds. The molecule has 0 bridgehead atoms. The molecule has 0 aliphatic heterocycles. The van der Waals surface area contributed by atoms with Crippen molar-refractivity contribution in [2.24, 2.45) is 0 Å². The van der Waals surface area contributed by atoms with Gasteiger partial charge in [0, 0.05) is 18.2 Å². The average molecular weight is 230 g/mol. The van der Waals surface area contributed by atoms with E-state index in [4.69, 9.17) is 21.1 Å². The molecule has 0 radical (unpaired) electrons. The van der Waals surface area contributed by atoms with Gasteiger partial charge in [-0.1, -0.05) is 6.07 Å². The number of halogens is 1. The minimum Gasteiger partial charge on any atom is -0.497 e. The van der Waals surface area contributed by atoms with E-state index in [0.29, 0.717) is 6.00 Å². The Morgan fingerprint density at radius 1 is 1.27 bits per heavy atom. The highest BCUT2D eigenvalue weighted by molar-refractivity contribution is 6.17. The number of methoxy groups -OCH3 is 2. The molecule has 0 aromatic heterocycles. The second-order valence-corrected chi connectivity index (χ2v) is 3.55. The highest BCUT2D eigenvalue weighted by Gasteiger charge is 2.06. The molecule has 0 fully saturated rings. The van der Waals surface area contributed by atoms with Crippen molar-refractivity contribution >= 4 is 11.6 Å². The predicted octanol–water partition coefficient (Wildman–Crippen LogP) is 2.33. The third-order valence-electron chi connectivity index (χ3n) is 2.14. The van der Waals surface area contributed by atoms with Gasteiger partial charge in [0.25, 0.3) is 0 Å². The first-order valence-electron chi connectivity index (χ1n) is 4.66. The Balaban J connectivity index is 2.87. The fourth-order valence-electron chi connectivity index (χ4n) is 1.32. The summed E-state index contributed by atoms with van der Waals surface area (Å²) in [6.07, 6.45) is 0. The molecule has 3 nitrogen and oxygen atoms in total. The zero-order valence-corrected chi connectivity index (χ0v) is 10.0. The molecular weight excluding hydrogens is 214 g/mol. The van der Waals surface area contributed by atoms with Crippen LogP contribution in [-0.2, 0) is 6.54 Å². The summed E-state index contributed by atoms with van der Waals surface area (Å²) in [6, 6.07) is 6.27. The van der Waals surface area contributed by atoms with Gasteiger partial charge in [-0.2, -0.15) is 0 Å². The van der Waals surface area contributed by atoms with Crippen molar-refractivity contribution in [1.29, 1.82) is 0 Å². The quantitative estimate of drug-likeness (QED) is 0.572. The van der Waals surface area contributed by atoms with Crippen LogP contribution in [0.1, 0.15) is 5.56 Å². The molecule has 0 unspecified atom stereocenters. The van der Waals surface area contributed by atoms with Gasteiger partial charge in [-0.05, 0) is 13.1 Å². The summed E-state index contributed by atoms with van der Waals surface area (Å²) in [5.74, 6) is 1.62. The van der Waals surface area contributed by atoms with Crippen LogP contribution in [0.5, 0.6) is 11.5 Å². The van der Waals surface area contributed by atoms with Gasteiger partial charge in [0.05, 0.1) is 20.2 Å². The second kappa shape index (κ2) is 5.83. The number of rotatable bonds is 5. The van der Waals surface area contributed by atoms with Crippen molar-refractivity contribution in [3.8, 4) is 11.5 Å². The summed E-state index contributed by atoms with van der Waals surface area (Å²) in [6.45, 7) is 0.761. The van der Waals surface area contributed by atoms with Gasteiger partial charge in [-0.15, -0.1) is 11.6 Å². The van der Waals surface area contributed by atoms with Gasteiger partial charge in [-0.3, -0.25) is 4.90 Å². The molecule has 0 saturated heterocycles. The molecule has 0 aliphatic carbocycles. The van der Waals surface area contributed by atoms with Crippen molar-refractivity contribution < 1.29 is 9.47 Å². The Hall–Kier alpha value is -0.930. The summed E-state index contributed by atoms with van der Waals surface area (Å²) in [5, 5.41) is 0. The van der Waals surface area contributed by atoms with E-state index in [2.05, 4.69) is 0 Å². The van der Waals surface area contributed by atoms with E-state index in [1.54, 1.807) is 14.2 Å². The maximum absolute atomic E-state index is 5.72. The van der Waals surface area contributed by atoms with Gasteiger partial charge >= 0.3 is 0 Å². The molecular formula is C11H16ClNO2. The van der Waals surface area contributed by atoms with Gasteiger partial charge in [0.1, 0.15) is 11.5 Å². The Labute approximate surface area is 95.5 Å². The van der Waals surface area contributed by atoms with Crippen molar-refractivity contribution in [3.63, 3.8) is 0 Å². The Bertz CT molecular complexity index is 317. The Morgan fingerprint density at radius 2 is 2.00 bits per heavy atom. The minimum atomic E-state index is 0.495. The van der Waals surface area contributed by atoms with E-state index in [9.17, 15) is 0 Å². The summed E-state index contributed by atoms with van der Waals surface area (Å²) >= 11 is 5.72. The number of nitrogens with zero attached hydrogens (tertiary/aromatic N) is 1. The van der Waals surface area contributed by atoms with Gasteiger partial charge in [0.2, 0.25) is 0 Å². The van der Waals surface area contributed by atoms with Crippen LogP contribution in [-0.4, -0.2) is 32.2 Å². The molecule has 4 heteroatoms. The van der Waals surface area contributed by atoms with Crippen LogP contribution in [0.4, 0.5) is 0 Å². The monoisotopic (exact) mass is 229 g/mol. The maximum atomic E-state index is 5.72. The van der Waals surface area contributed by atoms with Gasteiger partial charge < -0.3 is 9.47 Å². The summed E-state index contributed by atoms with van der Waals surface area (Å²) in [5.41, 5.74) is 1.10.